The average molecular weight is 381 g/mol. The highest BCUT2D eigenvalue weighted by Gasteiger charge is 2.17. The Hall–Kier alpha value is -3.09. The third-order valence-corrected chi connectivity index (χ3v) is 4.85. The van der Waals surface area contributed by atoms with Gasteiger partial charge in [0, 0.05) is 24.3 Å². The first-order chi connectivity index (χ1) is 13.5. The molecule has 2 aromatic heterocycles. The van der Waals surface area contributed by atoms with E-state index in [2.05, 4.69) is 27.5 Å². The van der Waals surface area contributed by atoms with E-state index in [-0.39, 0.29) is 5.91 Å². The number of hydrogen-bond donors (Lipinski definition) is 2. The highest BCUT2D eigenvalue weighted by Crippen LogP contribution is 2.25. The Labute approximate surface area is 165 Å². The molecule has 148 valence electrons. The molecule has 0 radical (unpaired) electrons. The Kier molecular flexibility index (Phi) is 6.13. The average Bonchev–Trinajstić information content (AvgIpc) is 3.29. The maximum atomic E-state index is 12.4. The van der Waals surface area contributed by atoms with Crippen molar-refractivity contribution in [1.82, 2.24) is 25.3 Å². The van der Waals surface area contributed by atoms with Crippen LogP contribution in [0.5, 0.6) is 5.75 Å². The Bertz CT molecular complexity index is 940. The molecule has 0 saturated carbocycles. The van der Waals surface area contributed by atoms with E-state index in [0.29, 0.717) is 12.2 Å². The van der Waals surface area contributed by atoms with Crippen LogP contribution in [0.15, 0.2) is 30.3 Å². The lowest BCUT2D eigenvalue weighted by Gasteiger charge is -2.05. The van der Waals surface area contributed by atoms with Gasteiger partial charge in [0.1, 0.15) is 11.4 Å². The highest BCUT2D eigenvalue weighted by atomic mass is 16.5. The Balaban J connectivity index is 1.55. The lowest BCUT2D eigenvalue weighted by molar-refractivity contribution is 0.0948. The fourth-order valence-electron chi connectivity index (χ4n) is 3.32. The highest BCUT2D eigenvalue weighted by molar-refractivity contribution is 5.93. The molecule has 7 nitrogen and oxygen atoms in total. The van der Waals surface area contributed by atoms with Gasteiger partial charge in [-0.2, -0.15) is 10.2 Å². The van der Waals surface area contributed by atoms with Crippen molar-refractivity contribution in [2.75, 3.05) is 13.7 Å². The molecule has 0 atom stereocenters. The standard InChI is InChI=1S/C21H27N5O2/c1-5-26-15(3)20(14(2)25-26)18-13-19(24-23-18)21(27)22-12-6-7-16-8-10-17(28-4)11-9-16/h8-11,13H,5-7,12H2,1-4H3,(H,22,27)(H,23,24). The molecule has 0 bridgehead atoms. The van der Waals surface area contributed by atoms with Crippen molar-refractivity contribution in [1.29, 1.82) is 0 Å². The second-order valence-electron chi connectivity index (χ2n) is 6.74. The van der Waals surface area contributed by atoms with Gasteiger partial charge >= 0.3 is 0 Å². The summed E-state index contributed by atoms with van der Waals surface area (Å²) in [5, 5.41) is 14.6. The number of nitrogens with one attached hydrogen (secondary N) is 2. The van der Waals surface area contributed by atoms with Crippen molar-refractivity contribution in [3.8, 4) is 17.0 Å². The normalized spacial score (nSPS) is 10.9. The number of aryl methyl sites for hydroxylation is 3. The Morgan fingerprint density at radius 2 is 2.00 bits per heavy atom. The number of aromatic amines is 1. The molecule has 7 heteroatoms. The van der Waals surface area contributed by atoms with Gasteiger partial charge in [-0.25, -0.2) is 0 Å². The van der Waals surface area contributed by atoms with Crippen LogP contribution in [0.3, 0.4) is 0 Å². The smallest absolute Gasteiger partial charge is 0.269 e. The third kappa shape index (κ3) is 4.24. The van der Waals surface area contributed by atoms with Gasteiger partial charge in [-0.15, -0.1) is 0 Å². The molecule has 28 heavy (non-hydrogen) atoms. The third-order valence-electron chi connectivity index (χ3n) is 4.85. The summed E-state index contributed by atoms with van der Waals surface area (Å²) in [5.41, 5.74) is 5.38. The van der Waals surface area contributed by atoms with Gasteiger partial charge < -0.3 is 10.1 Å². The summed E-state index contributed by atoms with van der Waals surface area (Å²) in [6.45, 7) is 7.44. The topological polar surface area (TPSA) is 84.8 Å². The molecule has 0 fully saturated rings. The quantitative estimate of drug-likeness (QED) is 0.587. The van der Waals surface area contributed by atoms with Crippen molar-refractivity contribution in [2.24, 2.45) is 0 Å². The van der Waals surface area contributed by atoms with Crippen LogP contribution in [0.2, 0.25) is 0 Å². The Morgan fingerprint density at radius 3 is 2.64 bits per heavy atom. The van der Waals surface area contributed by atoms with Gasteiger partial charge in [0.25, 0.3) is 5.91 Å². The van der Waals surface area contributed by atoms with E-state index in [9.17, 15) is 4.79 Å². The van der Waals surface area contributed by atoms with E-state index in [1.807, 2.05) is 42.8 Å². The summed E-state index contributed by atoms with van der Waals surface area (Å²) in [6, 6.07) is 9.77. The van der Waals surface area contributed by atoms with Crippen molar-refractivity contribution in [2.45, 2.75) is 40.2 Å². The first-order valence-electron chi connectivity index (χ1n) is 9.54. The van der Waals surface area contributed by atoms with Crippen LogP contribution in [0.4, 0.5) is 0 Å². The maximum Gasteiger partial charge on any atom is 0.269 e. The van der Waals surface area contributed by atoms with Crippen LogP contribution in [-0.4, -0.2) is 39.5 Å². The van der Waals surface area contributed by atoms with Crippen molar-refractivity contribution in [3.05, 3.63) is 53.0 Å². The molecule has 3 aromatic rings. The fraction of sp³-hybridized carbons (Fsp3) is 0.381. The van der Waals surface area contributed by atoms with Crippen LogP contribution < -0.4 is 10.1 Å². The molecule has 3 rings (SSSR count). The second-order valence-corrected chi connectivity index (χ2v) is 6.74. The minimum atomic E-state index is -0.147. The van der Waals surface area contributed by atoms with Crippen LogP contribution in [0.25, 0.3) is 11.3 Å². The Morgan fingerprint density at radius 1 is 1.25 bits per heavy atom. The van der Waals surface area contributed by atoms with Gasteiger partial charge in [-0.3, -0.25) is 14.6 Å². The van der Waals surface area contributed by atoms with E-state index < -0.39 is 0 Å². The molecular weight excluding hydrogens is 354 g/mol. The minimum Gasteiger partial charge on any atom is -0.497 e. The SMILES string of the molecule is CCn1nc(C)c(-c2cc(C(=O)NCCCc3ccc(OC)cc3)[nH]n2)c1C. The summed E-state index contributed by atoms with van der Waals surface area (Å²) in [4.78, 5) is 12.4. The number of amides is 1. The number of rotatable bonds is 8. The number of H-pyrrole nitrogens is 1. The summed E-state index contributed by atoms with van der Waals surface area (Å²) >= 11 is 0. The lowest BCUT2D eigenvalue weighted by atomic mass is 10.1. The number of carbonyl (C=O) groups is 1. The molecule has 0 spiro atoms. The largest absolute Gasteiger partial charge is 0.497 e. The number of ether oxygens (including phenoxy) is 1. The van der Waals surface area contributed by atoms with Gasteiger partial charge in [-0.05, 0) is 57.4 Å². The van der Waals surface area contributed by atoms with Gasteiger partial charge in [0.05, 0.1) is 18.5 Å². The zero-order valence-corrected chi connectivity index (χ0v) is 16.9. The van der Waals surface area contributed by atoms with E-state index in [0.717, 1.165) is 47.8 Å². The minimum absolute atomic E-state index is 0.147. The van der Waals surface area contributed by atoms with Gasteiger partial charge in [0.2, 0.25) is 0 Å². The molecule has 0 saturated heterocycles. The van der Waals surface area contributed by atoms with Gasteiger partial charge in [-0.1, -0.05) is 12.1 Å². The summed E-state index contributed by atoms with van der Waals surface area (Å²) in [7, 11) is 1.66. The first-order valence-corrected chi connectivity index (χ1v) is 9.54. The number of carbonyl (C=O) groups excluding carboxylic acids is 1. The predicted octanol–water partition coefficient (Wildman–Crippen LogP) is 3.28. The van der Waals surface area contributed by atoms with Crippen LogP contribution in [0, 0.1) is 13.8 Å². The number of hydrogen-bond acceptors (Lipinski definition) is 4. The molecule has 0 aliphatic heterocycles. The predicted molar refractivity (Wildman–Crippen MR) is 109 cm³/mol. The molecule has 1 amide bonds. The molecule has 0 aliphatic rings. The van der Waals surface area contributed by atoms with Gasteiger partial charge in [0.15, 0.2) is 0 Å². The maximum absolute atomic E-state index is 12.4. The van der Waals surface area contributed by atoms with Crippen molar-refractivity contribution < 1.29 is 9.53 Å². The number of aromatic nitrogens is 4. The first kappa shape index (κ1) is 19.7. The van der Waals surface area contributed by atoms with Crippen molar-refractivity contribution in [3.63, 3.8) is 0 Å². The monoisotopic (exact) mass is 381 g/mol. The number of nitrogens with zero attached hydrogens (tertiary/aromatic N) is 3. The molecular formula is C21H27N5O2. The van der Waals surface area contributed by atoms with E-state index in [4.69, 9.17) is 4.74 Å². The van der Waals surface area contributed by atoms with Crippen LogP contribution >= 0.6 is 0 Å². The summed E-state index contributed by atoms with van der Waals surface area (Å²) in [6.07, 6.45) is 1.76. The second kappa shape index (κ2) is 8.73. The molecule has 0 aliphatic carbocycles. The molecule has 2 N–H and O–H groups in total. The zero-order valence-electron chi connectivity index (χ0n) is 16.9. The van der Waals surface area contributed by atoms with E-state index >= 15 is 0 Å². The summed E-state index contributed by atoms with van der Waals surface area (Å²) in [5.74, 6) is 0.703. The molecule has 2 heterocycles. The molecule has 1 aromatic carbocycles. The molecule has 0 unspecified atom stereocenters. The fourth-order valence-corrected chi connectivity index (χ4v) is 3.32. The summed E-state index contributed by atoms with van der Waals surface area (Å²) < 4.78 is 7.10. The van der Waals surface area contributed by atoms with E-state index in [1.165, 1.54) is 5.56 Å². The number of benzene rings is 1. The lowest BCUT2D eigenvalue weighted by Crippen LogP contribution is -2.25. The van der Waals surface area contributed by atoms with E-state index in [1.54, 1.807) is 13.2 Å². The van der Waals surface area contributed by atoms with Crippen LogP contribution in [-0.2, 0) is 13.0 Å². The van der Waals surface area contributed by atoms with Crippen molar-refractivity contribution >= 4 is 5.91 Å². The number of methoxy groups -OCH3 is 1. The van der Waals surface area contributed by atoms with Crippen LogP contribution in [0.1, 0.15) is 40.8 Å². The zero-order chi connectivity index (χ0) is 20.1.